The number of amides is 1. The van der Waals surface area contributed by atoms with Crippen molar-refractivity contribution in [3.05, 3.63) is 42.5 Å². The molecule has 0 saturated carbocycles. The average molecular weight is 282 g/mol. The molecule has 0 aliphatic rings. The molecule has 0 radical (unpaired) electrons. The first-order valence-corrected chi connectivity index (χ1v) is 6.77. The highest BCUT2D eigenvalue weighted by Gasteiger charge is 2.21. The van der Waals surface area contributed by atoms with Gasteiger partial charge in [0.15, 0.2) is 0 Å². The Kier molecular flexibility index (Phi) is 6.60. The van der Waals surface area contributed by atoms with Crippen molar-refractivity contribution in [3.63, 3.8) is 0 Å². The lowest BCUT2D eigenvalue weighted by Crippen LogP contribution is -2.38. The van der Waals surface area contributed by atoms with Crippen LogP contribution in [0.1, 0.15) is 19.4 Å². The molecule has 0 aliphatic carbocycles. The summed E-state index contributed by atoms with van der Waals surface area (Å²) < 4.78 is 5.38. The van der Waals surface area contributed by atoms with E-state index in [-0.39, 0.29) is 12.6 Å². The quantitative estimate of drug-likeness (QED) is 0.436. The van der Waals surface area contributed by atoms with Crippen LogP contribution in [0, 0.1) is 0 Å². The minimum absolute atomic E-state index is 0.161. The maximum absolute atomic E-state index is 12.2. The zero-order chi connectivity index (χ0) is 14.3. The minimum Gasteiger partial charge on any atom is -0.361 e. The third-order valence-corrected chi connectivity index (χ3v) is 2.86. The Morgan fingerprint density at radius 3 is 2.79 bits per heavy atom. The Hall–Kier alpha value is -1.32. The summed E-state index contributed by atoms with van der Waals surface area (Å²) in [6.45, 7) is 8.05. The van der Waals surface area contributed by atoms with Crippen molar-refractivity contribution in [2.75, 3.05) is 18.2 Å². The molecule has 0 aliphatic heterocycles. The number of rotatable bonds is 7. The molecule has 1 aromatic carbocycles. The molecule has 0 spiro atoms. The van der Waals surface area contributed by atoms with E-state index in [9.17, 15) is 4.79 Å². The number of ether oxygens (including phenoxy) is 1. The van der Waals surface area contributed by atoms with E-state index < -0.39 is 5.38 Å². The van der Waals surface area contributed by atoms with Crippen molar-refractivity contribution < 1.29 is 9.53 Å². The first kappa shape index (κ1) is 15.7. The van der Waals surface area contributed by atoms with E-state index in [1.165, 1.54) is 0 Å². The molecule has 19 heavy (non-hydrogen) atoms. The lowest BCUT2D eigenvalue weighted by Gasteiger charge is -2.25. The monoisotopic (exact) mass is 281 g/mol. The number of hydrogen-bond donors (Lipinski definition) is 0. The fourth-order valence-electron chi connectivity index (χ4n) is 1.75. The van der Waals surface area contributed by atoms with Crippen LogP contribution in [0.5, 0.6) is 0 Å². The summed E-state index contributed by atoms with van der Waals surface area (Å²) in [6, 6.07) is 7.71. The molecule has 1 amide bonds. The second-order valence-electron chi connectivity index (χ2n) is 4.13. The number of hydrogen-bond acceptors (Lipinski definition) is 2. The molecule has 0 saturated heterocycles. The summed E-state index contributed by atoms with van der Waals surface area (Å²) in [7, 11) is 0. The number of carbonyl (C=O) groups excluding carboxylic acids is 1. The predicted octanol–water partition coefficient (Wildman–Crippen LogP) is 3.37. The van der Waals surface area contributed by atoms with Gasteiger partial charge in [-0.05, 0) is 31.9 Å². The third kappa shape index (κ3) is 4.37. The highest BCUT2D eigenvalue weighted by Crippen LogP contribution is 2.23. The van der Waals surface area contributed by atoms with Crippen LogP contribution in [-0.4, -0.2) is 24.6 Å². The van der Waals surface area contributed by atoms with Crippen LogP contribution < -0.4 is 4.90 Å². The second kappa shape index (κ2) is 7.97. The van der Waals surface area contributed by atoms with Gasteiger partial charge in [0.05, 0.1) is 0 Å². The van der Waals surface area contributed by atoms with Gasteiger partial charge in [-0.3, -0.25) is 9.69 Å². The van der Waals surface area contributed by atoms with Crippen molar-refractivity contribution in [1.29, 1.82) is 0 Å². The summed E-state index contributed by atoms with van der Waals surface area (Å²) >= 11 is 5.91. The van der Waals surface area contributed by atoms with Gasteiger partial charge in [0, 0.05) is 12.3 Å². The van der Waals surface area contributed by atoms with Crippen molar-refractivity contribution in [2.24, 2.45) is 0 Å². The second-order valence-corrected chi connectivity index (χ2v) is 4.78. The summed E-state index contributed by atoms with van der Waals surface area (Å²) in [6.07, 6.45) is 2.51. The Morgan fingerprint density at radius 2 is 2.21 bits per heavy atom. The van der Waals surface area contributed by atoms with Gasteiger partial charge in [0.25, 0.3) is 0 Å². The maximum Gasteiger partial charge on any atom is 0.246 e. The number of halogens is 1. The van der Waals surface area contributed by atoms with E-state index in [0.717, 1.165) is 11.3 Å². The molecule has 0 fully saturated rings. The SMILES string of the molecule is C=CCc1ccccc1N(COCC)C(=O)C(C)Cl. The fraction of sp³-hybridized carbons (Fsp3) is 0.400. The van der Waals surface area contributed by atoms with E-state index in [1.54, 1.807) is 11.8 Å². The summed E-state index contributed by atoms with van der Waals surface area (Å²) in [5.41, 5.74) is 1.86. The maximum atomic E-state index is 12.2. The molecule has 0 bridgehead atoms. The van der Waals surface area contributed by atoms with Gasteiger partial charge in [-0.1, -0.05) is 24.3 Å². The van der Waals surface area contributed by atoms with Crippen LogP contribution >= 0.6 is 11.6 Å². The molecule has 1 atom stereocenters. The molecular weight excluding hydrogens is 262 g/mol. The Balaban J connectivity index is 3.08. The van der Waals surface area contributed by atoms with Crippen molar-refractivity contribution in [3.8, 4) is 0 Å². The van der Waals surface area contributed by atoms with E-state index in [2.05, 4.69) is 6.58 Å². The van der Waals surface area contributed by atoms with Crippen LogP contribution in [-0.2, 0) is 16.0 Å². The largest absolute Gasteiger partial charge is 0.361 e. The molecule has 1 unspecified atom stereocenters. The van der Waals surface area contributed by atoms with E-state index >= 15 is 0 Å². The van der Waals surface area contributed by atoms with Crippen molar-refractivity contribution in [2.45, 2.75) is 25.6 Å². The number of benzene rings is 1. The summed E-state index contributed by atoms with van der Waals surface area (Å²) in [5, 5.41) is -0.586. The lowest BCUT2D eigenvalue weighted by atomic mass is 10.1. The Morgan fingerprint density at radius 1 is 1.53 bits per heavy atom. The number of nitrogens with zero attached hydrogens (tertiary/aromatic N) is 1. The zero-order valence-electron chi connectivity index (χ0n) is 11.4. The van der Waals surface area contributed by atoms with Gasteiger partial charge in [0.2, 0.25) is 5.91 Å². The van der Waals surface area contributed by atoms with Gasteiger partial charge in [0.1, 0.15) is 12.1 Å². The molecule has 1 aromatic rings. The fourth-order valence-corrected chi connectivity index (χ4v) is 1.87. The molecule has 0 N–H and O–H groups in total. The number of carbonyl (C=O) groups is 1. The topological polar surface area (TPSA) is 29.5 Å². The average Bonchev–Trinajstić information content (AvgIpc) is 2.40. The Bertz CT molecular complexity index is 432. The van der Waals surface area contributed by atoms with Crippen LogP contribution in [0.2, 0.25) is 0 Å². The summed E-state index contributed by atoms with van der Waals surface area (Å²) in [4.78, 5) is 13.8. The normalized spacial score (nSPS) is 11.9. The van der Waals surface area contributed by atoms with Crippen molar-refractivity contribution in [1.82, 2.24) is 0 Å². The third-order valence-electron chi connectivity index (χ3n) is 2.68. The van der Waals surface area contributed by atoms with Crippen LogP contribution in [0.4, 0.5) is 5.69 Å². The van der Waals surface area contributed by atoms with Crippen LogP contribution in [0.3, 0.4) is 0 Å². The number of alkyl halides is 1. The van der Waals surface area contributed by atoms with Gasteiger partial charge < -0.3 is 4.74 Å². The predicted molar refractivity (Wildman–Crippen MR) is 79.6 cm³/mol. The first-order chi connectivity index (χ1) is 9.11. The highest BCUT2D eigenvalue weighted by molar-refractivity contribution is 6.32. The summed E-state index contributed by atoms with van der Waals surface area (Å²) in [5.74, 6) is -0.161. The minimum atomic E-state index is -0.586. The molecular formula is C15H20ClNO2. The van der Waals surface area contributed by atoms with E-state index in [1.807, 2.05) is 37.3 Å². The number of para-hydroxylation sites is 1. The number of allylic oxidation sites excluding steroid dienone is 1. The molecule has 104 valence electrons. The molecule has 0 aromatic heterocycles. The van der Waals surface area contributed by atoms with Gasteiger partial charge in [-0.15, -0.1) is 18.2 Å². The molecule has 3 nitrogen and oxygen atoms in total. The van der Waals surface area contributed by atoms with Crippen LogP contribution in [0.15, 0.2) is 36.9 Å². The Labute approximate surface area is 119 Å². The molecule has 1 rings (SSSR count). The highest BCUT2D eigenvalue weighted by atomic mass is 35.5. The molecule has 0 heterocycles. The van der Waals surface area contributed by atoms with Gasteiger partial charge in [-0.2, -0.15) is 0 Å². The van der Waals surface area contributed by atoms with Crippen molar-refractivity contribution >= 4 is 23.2 Å². The standard InChI is InChI=1S/C15H20ClNO2/c1-4-8-13-9-6-7-10-14(13)17(11-19-5-2)15(18)12(3)16/h4,6-7,9-10,12H,1,5,8,11H2,2-3H3. The van der Waals surface area contributed by atoms with E-state index in [4.69, 9.17) is 16.3 Å². The van der Waals surface area contributed by atoms with Gasteiger partial charge in [-0.25, -0.2) is 0 Å². The first-order valence-electron chi connectivity index (χ1n) is 6.33. The molecule has 4 heteroatoms. The number of anilines is 1. The zero-order valence-corrected chi connectivity index (χ0v) is 12.2. The van der Waals surface area contributed by atoms with E-state index in [0.29, 0.717) is 13.0 Å². The van der Waals surface area contributed by atoms with Crippen LogP contribution in [0.25, 0.3) is 0 Å². The smallest absolute Gasteiger partial charge is 0.246 e. The van der Waals surface area contributed by atoms with Gasteiger partial charge >= 0.3 is 0 Å². The lowest BCUT2D eigenvalue weighted by molar-refractivity contribution is -0.119.